The van der Waals surface area contributed by atoms with Crippen molar-refractivity contribution in [2.75, 3.05) is 48.6 Å². The molecule has 242 valence electrons. The van der Waals surface area contributed by atoms with Gasteiger partial charge in [-0.05, 0) is 54.8 Å². The third-order valence-electron chi connectivity index (χ3n) is 7.00. The van der Waals surface area contributed by atoms with Crippen LogP contribution in [0.15, 0.2) is 58.1 Å². The van der Waals surface area contributed by atoms with Crippen LogP contribution in [0.2, 0.25) is 5.02 Å². The lowest BCUT2D eigenvalue weighted by Crippen LogP contribution is -2.41. The molecule has 0 radical (unpaired) electrons. The summed E-state index contributed by atoms with van der Waals surface area (Å²) in [6, 6.07) is 12.1. The molecule has 0 saturated heterocycles. The molecule has 0 bridgehead atoms. The summed E-state index contributed by atoms with van der Waals surface area (Å²) in [5.41, 5.74) is -0.229. The van der Waals surface area contributed by atoms with E-state index in [2.05, 4.69) is 36.2 Å². The SMILES string of the molecule is COC(=O)C(CNc1c(OC)c(=O)c1=O)Nc1ccc(Nc2nc(NC3(c4ccc(Cl)cc4)CC3)nc(OCC(F)(F)F)n2)cc1. The van der Waals surface area contributed by atoms with E-state index in [-0.39, 0.29) is 29.9 Å². The highest BCUT2D eigenvalue weighted by Gasteiger charge is 2.45. The van der Waals surface area contributed by atoms with Gasteiger partial charge in [0.15, 0.2) is 12.4 Å². The van der Waals surface area contributed by atoms with Crippen LogP contribution < -0.4 is 41.6 Å². The zero-order valence-corrected chi connectivity index (χ0v) is 25.1. The first-order valence-electron chi connectivity index (χ1n) is 13.7. The number of carbonyl (C=O) groups is 1. The highest BCUT2D eigenvalue weighted by atomic mass is 35.5. The first-order valence-corrected chi connectivity index (χ1v) is 14.1. The Morgan fingerprint density at radius 2 is 1.61 bits per heavy atom. The number of nitrogens with zero attached hydrogens (tertiary/aromatic N) is 3. The van der Waals surface area contributed by atoms with Crippen LogP contribution in [-0.4, -0.2) is 60.5 Å². The van der Waals surface area contributed by atoms with Gasteiger partial charge in [0.2, 0.25) is 11.9 Å². The monoisotopic (exact) mass is 661 g/mol. The van der Waals surface area contributed by atoms with Crippen molar-refractivity contribution in [3.63, 3.8) is 0 Å². The number of nitrogens with one attached hydrogen (secondary N) is 4. The summed E-state index contributed by atoms with van der Waals surface area (Å²) in [6.45, 7) is -1.70. The number of rotatable bonds is 14. The Morgan fingerprint density at radius 1 is 0.957 bits per heavy atom. The highest BCUT2D eigenvalue weighted by molar-refractivity contribution is 6.30. The lowest BCUT2D eigenvalue weighted by Gasteiger charge is -2.20. The van der Waals surface area contributed by atoms with E-state index in [0.29, 0.717) is 16.4 Å². The maximum absolute atomic E-state index is 12.9. The van der Waals surface area contributed by atoms with Crippen LogP contribution in [0, 0.1) is 0 Å². The first kappa shape index (κ1) is 32.3. The highest BCUT2D eigenvalue weighted by Crippen LogP contribution is 2.48. The quantitative estimate of drug-likeness (QED) is 0.113. The summed E-state index contributed by atoms with van der Waals surface area (Å²) in [5.74, 6) is -0.839. The van der Waals surface area contributed by atoms with Crippen LogP contribution in [-0.2, 0) is 15.1 Å². The lowest BCUT2D eigenvalue weighted by atomic mass is 10.1. The van der Waals surface area contributed by atoms with E-state index in [1.165, 1.54) is 14.2 Å². The molecule has 1 saturated carbocycles. The fraction of sp³-hybridized carbons (Fsp3) is 0.310. The van der Waals surface area contributed by atoms with E-state index >= 15 is 0 Å². The Labute approximate surface area is 264 Å². The molecule has 1 fully saturated rings. The molecule has 1 aliphatic carbocycles. The number of ether oxygens (including phenoxy) is 3. The number of hydrogen-bond acceptors (Lipinski definition) is 13. The zero-order chi connectivity index (χ0) is 33.1. The Balaban J connectivity index is 1.30. The molecule has 1 aromatic heterocycles. The number of halogens is 4. The molecule has 0 spiro atoms. The minimum atomic E-state index is -4.61. The molecule has 4 N–H and O–H groups in total. The van der Waals surface area contributed by atoms with Gasteiger partial charge < -0.3 is 35.5 Å². The molecule has 46 heavy (non-hydrogen) atoms. The van der Waals surface area contributed by atoms with Crippen LogP contribution in [0.25, 0.3) is 0 Å². The number of benzene rings is 2. The summed E-state index contributed by atoms with van der Waals surface area (Å²) in [7, 11) is 2.45. The number of hydrogen-bond donors (Lipinski definition) is 4. The molecule has 17 heteroatoms. The van der Waals surface area contributed by atoms with E-state index in [9.17, 15) is 27.6 Å². The van der Waals surface area contributed by atoms with Gasteiger partial charge in [0, 0.05) is 22.9 Å². The summed E-state index contributed by atoms with van der Waals surface area (Å²) in [5, 5.41) is 12.4. The van der Waals surface area contributed by atoms with Crippen molar-refractivity contribution in [2.24, 2.45) is 0 Å². The number of aromatic nitrogens is 3. The maximum Gasteiger partial charge on any atom is 0.422 e. The average molecular weight is 662 g/mol. The summed E-state index contributed by atoms with van der Waals surface area (Å²) < 4.78 is 53.2. The van der Waals surface area contributed by atoms with Crippen LogP contribution in [0.5, 0.6) is 11.8 Å². The number of alkyl halides is 3. The van der Waals surface area contributed by atoms with Gasteiger partial charge in [-0.3, -0.25) is 9.59 Å². The standard InChI is InChI=1S/C29H27ClF3N7O6/c1-44-23-20(21(41)22(23)42)34-13-19(24(43)45-2)35-17-7-9-18(10-8-17)36-25-37-26(39-27(38-25)46-14-29(31,32)33)40-28(11-12-28)15-3-5-16(30)6-4-15/h3-10,19,34-35H,11-14H2,1-2H3,(H2,36,37,38,39,40). The molecule has 3 aromatic carbocycles. The van der Waals surface area contributed by atoms with Crippen molar-refractivity contribution in [1.29, 1.82) is 0 Å². The minimum absolute atomic E-state index is 0.00669. The molecule has 0 amide bonds. The summed E-state index contributed by atoms with van der Waals surface area (Å²) >= 11 is 6.01. The Morgan fingerprint density at radius 3 is 2.22 bits per heavy atom. The van der Waals surface area contributed by atoms with Crippen molar-refractivity contribution in [3.8, 4) is 11.8 Å². The molecular formula is C29H27ClF3N7O6. The van der Waals surface area contributed by atoms with Gasteiger partial charge in [0.1, 0.15) is 11.7 Å². The summed E-state index contributed by atoms with van der Waals surface area (Å²) in [6.07, 6.45) is -3.14. The largest absolute Gasteiger partial charge is 0.491 e. The second-order valence-electron chi connectivity index (χ2n) is 10.3. The molecular weight excluding hydrogens is 635 g/mol. The van der Waals surface area contributed by atoms with Gasteiger partial charge in [-0.2, -0.15) is 28.1 Å². The van der Waals surface area contributed by atoms with Gasteiger partial charge in [0.25, 0.3) is 10.9 Å². The third-order valence-corrected chi connectivity index (χ3v) is 7.25. The molecule has 0 aliphatic heterocycles. The van der Waals surface area contributed by atoms with E-state index < -0.39 is 47.2 Å². The van der Waals surface area contributed by atoms with Gasteiger partial charge in [-0.1, -0.05) is 23.7 Å². The van der Waals surface area contributed by atoms with Gasteiger partial charge >= 0.3 is 18.2 Å². The molecule has 1 aliphatic rings. The molecule has 1 heterocycles. The molecule has 5 rings (SSSR count). The molecule has 1 unspecified atom stereocenters. The lowest BCUT2D eigenvalue weighted by molar-refractivity contribution is -0.154. The van der Waals surface area contributed by atoms with Crippen molar-refractivity contribution >= 4 is 46.5 Å². The second-order valence-corrected chi connectivity index (χ2v) is 10.7. The fourth-order valence-electron chi connectivity index (χ4n) is 4.52. The van der Waals surface area contributed by atoms with Crippen LogP contribution >= 0.6 is 11.6 Å². The number of esters is 1. The van der Waals surface area contributed by atoms with Crippen molar-refractivity contribution in [2.45, 2.75) is 30.6 Å². The fourth-order valence-corrected chi connectivity index (χ4v) is 4.64. The van der Waals surface area contributed by atoms with Crippen LogP contribution in [0.4, 0.5) is 42.1 Å². The number of anilines is 5. The molecule has 4 aromatic rings. The van der Waals surface area contributed by atoms with Crippen molar-refractivity contribution in [3.05, 3.63) is 79.6 Å². The van der Waals surface area contributed by atoms with Crippen LogP contribution in [0.1, 0.15) is 18.4 Å². The first-order chi connectivity index (χ1) is 21.9. The predicted octanol–water partition coefficient (Wildman–Crippen LogP) is 3.98. The second kappa shape index (κ2) is 13.1. The molecule has 1 atom stereocenters. The molecule has 13 nitrogen and oxygen atoms in total. The number of carbonyl (C=O) groups excluding carboxylic acids is 1. The predicted molar refractivity (Wildman–Crippen MR) is 163 cm³/mol. The van der Waals surface area contributed by atoms with E-state index in [1.807, 2.05) is 12.1 Å². The normalized spacial score (nSPS) is 14.2. The van der Waals surface area contributed by atoms with Crippen LogP contribution in [0.3, 0.4) is 0 Å². The van der Waals surface area contributed by atoms with E-state index in [4.69, 9.17) is 25.8 Å². The Kier molecular flexibility index (Phi) is 9.18. The Hall–Kier alpha value is -5.12. The van der Waals surface area contributed by atoms with Gasteiger partial charge in [-0.25, -0.2) is 4.79 Å². The smallest absolute Gasteiger partial charge is 0.422 e. The maximum atomic E-state index is 12.9. The van der Waals surface area contributed by atoms with Gasteiger partial charge in [-0.15, -0.1) is 0 Å². The van der Waals surface area contributed by atoms with Gasteiger partial charge in [0.05, 0.1) is 19.8 Å². The summed E-state index contributed by atoms with van der Waals surface area (Å²) in [4.78, 5) is 48.2. The zero-order valence-electron chi connectivity index (χ0n) is 24.3. The Bertz CT molecular complexity index is 1780. The van der Waals surface area contributed by atoms with E-state index in [1.54, 1.807) is 36.4 Å². The van der Waals surface area contributed by atoms with E-state index in [0.717, 1.165) is 18.4 Å². The third kappa shape index (κ3) is 7.56. The minimum Gasteiger partial charge on any atom is -0.491 e. The number of methoxy groups -OCH3 is 2. The topological polar surface area (TPSA) is 166 Å². The average Bonchev–Trinajstić information content (AvgIpc) is 3.81. The van der Waals surface area contributed by atoms with Crippen molar-refractivity contribution in [1.82, 2.24) is 15.0 Å². The van der Waals surface area contributed by atoms with Crippen molar-refractivity contribution < 1.29 is 32.2 Å².